The topological polar surface area (TPSA) is 112 Å². The fourth-order valence-corrected chi connectivity index (χ4v) is 4.56. The van der Waals surface area contributed by atoms with Crippen molar-refractivity contribution in [3.8, 4) is 5.75 Å². The molecule has 34 heavy (non-hydrogen) atoms. The van der Waals surface area contributed by atoms with Crippen LogP contribution in [-0.2, 0) is 16.6 Å². The van der Waals surface area contributed by atoms with E-state index < -0.39 is 10.0 Å². The van der Waals surface area contributed by atoms with E-state index in [-0.39, 0.29) is 29.0 Å². The third-order valence-corrected chi connectivity index (χ3v) is 6.79. The van der Waals surface area contributed by atoms with Crippen LogP contribution in [0.4, 0.5) is 11.6 Å². The summed E-state index contributed by atoms with van der Waals surface area (Å²) >= 11 is 0. The summed E-state index contributed by atoms with van der Waals surface area (Å²) in [5, 5.41) is 12.1. The van der Waals surface area contributed by atoms with Crippen LogP contribution in [0, 0.1) is 6.92 Å². The number of benzene rings is 3. The lowest BCUT2D eigenvalue weighted by molar-refractivity contribution is 0.102. The molecule has 0 fully saturated rings. The molecule has 1 aromatic heterocycles. The van der Waals surface area contributed by atoms with Crippen LogP contribution in [0.15, 0.2) is 96.2 Å². The van der Waals surface area contributed by atoms with Gasteiger partial charge in [0.25, 0.3) is 15.9 Å². The number of hydrogen-bond donors (Lipinski definition) is 2. The highest BCUT2D eigenvalue weighted by Crippen LogP contribution is 2.23. The highest BCUT2D eigenvalue weighted by Gasteiger charge is 2.27. The Hall–Kier alpha value is -4.24. The van der Waals surface area contributed by atoms with Crippen molar-refractivity contribution >= 4 is 27.6 Å². The van der Waals surface area contributed by atoms with Crippen LogP contribution in [0.3, 0.4) is 0 Å². The molecule has 0 atom stereocenters. The van der Waals surface area contributed by atoms with Crippen LogP contribution in [0.1, 0.15) is 21.5 Å². The number of phenolic OH excluding ortho intramolecular Hbond substituents is 1. The van der Waals surface area contributed by atoms with E-state index in [1.54, 1.807) is 66.7 Å². The molecule has 1 amide bonds. The molecule has 4 aromatic rings. The van der Waals surface area contributed by atoms with E-state index in [0.29, 0.717) is 16.8 Å². The van der Waals surface area contributed by atoms with Crippen molar-refractivity contribution in [2.45, 2.75) is 18.4 Å². The minimum absolute atomic E-state index is 0.0138. The van der Waals surface area contributed by atoms with Gasteiger partial charge >= 0.3 is 0 Å². The van der Waals surface area contributed by atoms with Crippen LogP contribution in [0.2, 0.25) is 0 Å². The zero-order chi connectivity index (χ0) is 24.1. The summed E-state index contributed by atoms with van der Waals surface area (Å²) in [6, 6.07) is 20.9. The minimum atomic E-state index is -3.93. The van der Waals surface area contributed by atoms with Gasteiger partial charge in [-0.05, 0) is 67.1 Å². The largest absolute Gasteiger partial charge is 0.508 e. The number of rotatable bonds is 7. The van der Waals surface area contributed by atoms with E-state index in [1.165, 1.54) is 24.5 Å². The molecule has 0 bridgehead atoms. The molecule has 4 rings (SSSR count). The summed E-state index contributed by atoms with van der Waals surface area (Å²) in [7, 11) is -3.93. The Bertz CT molecular complexity index is 1370. The summed E-state index contributed by atoms with van der Waals surface area (Å²) in [5.41, 5.74) is 2.55. The number of sulfonamides is 1. The number of aryl methyl sites for hydroxylation is 1. The Kier molecular flexibility index (Phi) is 6.55. The summed E-state index contributed by atoms with van der Waals surface area (Å²) in [4.78, 5) is 20.9. The third kappa shape index (κ3) is 5.21. The molecule has 0 aliphatic heterocycles. The Morgan fingerprint density at radius 1 is 0.912 bits per heavy atom. The molecule has 2 N–H and O–H groups in total. The molecule has 0 saturated carbocycles. The van der Waals surface area contributed by atoms with Gasteiger partial charge in [0.1, 0.15) is 5.75 Å². The van der Waals surface area contributed by atoms with Gasteiger partial charge < -0.3 is 10.4 Å². The SMILES string of the molecule is Cc1ccc(S(=O)(=O)N(Cc2ccc(C(=O)Nc3ccc(O)cc3)cc2)c2ncccn2)cc1. The van der Waals surface area contributed by atoms with E-state index >= 15 is 0 Å². The van der Waals surface area contributed by atoms with Gasteiger partial charge in [0.2, 0.25) is 5.95 Å². The quantitative estimate of drug-likeness (QED) is 0.389. The maximum Gasteiger partial charge on any atom is 0.266 e. The van der Waals surface area contributed by atoms with Gasteiger partial charge in [-0.1, -0.05) is 29.8 Å². The maximum absolute atomic E-state index is 13.4. The van der Waals surface area contributed by atoms with Crippen LogP contribution >= 0.6 is 0 Å². The number of aromatic nitrogens is 2. The van der Waals surface area contributed by atoms with Gasteiger partial charge in [0.05, 0.1) is 11.4 Å². The lowest BCUT2D eigenvalue weighted by Crippen LogP contribution is -2.32. The number of aromatic hydroxyl groups is 1. The molecule has 3 aromatic carbocycles. The van der Waals surface area contributed by atoms with Gasteiger partial charge in [-0.2, -0.15) is 0 Å². The number of anilines is 2. The average Bonchev–Trinajstić information content (AvgIpc) is 2.85. The maximum atomic E-state index is 13.4. The van der Waals surface area contributed by atoms with E-state index in [0.717, 1.165) is 9.87 Å². The molecule has 0 saturated heterocycles. The molecule has 8 nitrogen and oxygen atoms in total. The van der Waals surface area contributed by atoms with Crippen molar-refractivity contribution < 1.29 is 18.3 Å². The predicted molar refractivity (Wildman–Crippen MR) is 129 cm³/mol. The van der Waals surface area contributed by atoms with Crippen molar-refractivity contribution in [1.82, 2.24) is 9.97 Å². The molecule has 0 unspecified atom stereocenters. The normalized spacial score (nSPS) is 11.1. The van der Waals surface area contributed by atoms with E-state index in [4.69, 9.17) is 0 Å². The van der Waals surface area contributed by atoms with Crippen LogP contribution in [0.25, 0.3) is 0 Å². The first-order valence-electron chi connectivity index (χ1n) is 10.4. The van der Waals surface area contributed by atoms with Gasteiger partial charge in [-0.15, -0.1) is 0 Å². The molecule has 172 valence electrons. The van der Waals surface area contributed by atoms with Crippen molar-refractivity contribution in [2.24, 2.45) is 0 Å². The Labute approximate surface area is 197 Å². The Morgan fingerprint density at radius 2 is 1.53 bits per heavy atom. The first-order valence-corrected chi connectivity index (χ1v) is 11.8. The Balaban J connectivity index is 1.57. The van der Waals surface area contributed by atoms with Crippen molar-refractivity contribution in [3.63, 3.8) is 0 Å². The average molecular weight is 475 g/mol. The highest BCUT2D eigenvalue weighted by molar-refractivity contribution is 7.92. The van der Waals surface area contributed by atoms with Crippen molar-refractivity contribution in [2.75, 3.05) is 9.62 Å². The number of nitrogens with one attached hydrogen (secondary N) is 1. The zero-order valence-corrected chi connectivity index (χ0v) is 19.1. The molecular formula is C25H22N4O4S. The van der Waals surface area contributed by atoms with E-state index in [2.05, 4.69) is 15.3 Å². The van der Waals surface area contributed by atoms with Gasteiger partial charge in [0, 0.05) is 23.6 Å². The number of nitrogens with zero attached hydrogens (tertiary/aromatic N) is 3. The smallest absolute Gasteiger partial charge is 0.266 e. The lowest BCUT2D eigenvalue weighted by Gasteiger charge is -2.22. The number of amides is 1. The summed E-state index contributed by atoms with van der Waals surface area (Å²) < 4.78 is 28.0. The zero-order valence-electron chi connectivity index (χ0n) is 18.3. The van der Waals surface area contributed by atoms with Crippen molar-refractivity contribution in [1.29, 1.82) is 0 Å². The molecule has 0 aliphatic rings. The van der Waals surface area contributed by atoms with Gasteiger partial charge in [-0.3, -0.25) is 4.79 Å². The number of carbonyl (C=O) groups excluding carboxylic acids is 1. The van der Waals surface area contributed by atoms with E-state index in [1.807, 2.05) is 6.92 Å². The standard InChI is InChI=1S/C25H22N4O4S/c1-18-3-13-23(14-4-18)34(32,33)29(25-26-15-2-16-27-25)17-19-5-7-20(8-6-19)24(31)28-21-9-11-22(30)12-10-21/h2-16,30H,17H2,1H3,(H,28,31). The molecule has 0 aliphatic carbocycles. The number of carbonyl (C=O) groups is 1. The highest BCUT2D eigenvalue weighted by atomic mass is 32.2. The molecule has 1 heterocycles. The minimum Gasteiger partial charge on any atom is -0.508 e. The van der Waals surface area contributed by atoms with Crippen LogP contribution in [-0.4, -0.2) is 29.4 Å². The first kappa shape index (κ1) is 22.9. The predicted octanol–water partition coefficient (Wildman–Crippen LogP) is 4.14. The molecule has 0 spiro atoms. The lowest BCUT2D eigenvalue weighted by atomic mass is 10.1. The number of phenols is 1. The first-order chi connectivity index (χ1) is 16.3. The summed E-state index contributed by atoms with van der Waals surface area (Å²) in [5.74, 6) is -0.167. The molecule has 0 radical (unpaired) electrons. The summed E-state index contributed by atoms with van der Waals surface area (Å²) in [6.45, 7) is 1.87. The van der Waals surface area contributed by atoms with Crippen LogP contribution < -0.4 is 9.62 Å². The van der Waals surface area contributed by atoms with Gasteiger partial charge in [0.15, 0.2) is 0 Å². The Morgan fingerprint density at radius 3 is 2.15 bits per heavy atom. The van der Waals surface area contributed by atoms with Crippen LogP contribution in [0.5, 0.6) is 5.75 Å². The fraction of sp³-hybridized carbons (Fsp3) is 0.0800. The third-order valence-electron chi connectivity index (χ3n) is 5.05. The fourth-order valence-electron chi connectivity index (χ4n) is 3.20. The second-order valence-corrected chi connectivity index (χ2v) is 9.43. The summed E-state index contributed by atoms with van der Waals surface area (Å²) in [6.07, 6.45) is 2.97. The second-order valence-electron chi connectivity index (χ2n) is 7.57. The van der Waals surface area contributed by atoms with Gasteiger partial charge in [-0.25, -0.2) is 22.7 Å². The molecule has 9 heteroatoms. The van der Waals surface area contributed by atoms with Crippen molar-refractivity contribution in [3.05, 3.63) is 108 Å². The van der Waals surface area contributed by atoms with E-state index in [9.17, 15) is 18.3 Å². The monoisotopic (exact) mass is 474 g/mol. The molecular weight excluding hydrogens is 452 g/mol. The second kappa shape index (κ2) is 9.72. The number of hydrogen-bond acceptors (Lipinski definition) is 6.